The Morgan fingerprint density at radius 3 is 2.57 bits per heavy atom. The number of aliphatic carboxylic acids is 1. The van der Waals surface area contributed by atoms with E-state index in [9.17, 15) is 13.2 Å². The van der Waals surface area contributed by atoms with E-state index in [1.54, 1.807) is 13.0 Å². The van der Waals surface area contributed by atoms with Gasteiger partial charge in [0.2, 0.25) is 10.0 Å². The highest BCUT2D eigenvalue weighted by Gasteiger charge is 2.39. The Hall–Kier alpha value is -1.60. The van der Waals surface area contributed by atoms with Crippen molar-refractivity contribution in [1.29, 1.82) is 0 Å². The van der Waals surface area contributed by atoms with E-state index in [1.807, 2.05) is 6.92 Å². The summed E-state index contributed by atoms with van der Waals surface area (Å²) in [7, 11) is -3.79. The highest BCUT2D eigenvalue weighted by molar-refractivity contribution is 7.89. The van der Waals surface area contributed by atoms with Gasteiger partial charge in [0, 0.05) is 6.04 Å². The minimum Gasteiger partial charge on any atom is -0.494 e. The lowest BCUT2D eigenvalue weighted by molar-refractivity contribution is -0.137. The van der Waals surface area contributed by atoms with Gasteiger partial charge in [0.05, 0.1) is 11.5 Å². The summed E-state index contributed by atoms with van der Waals surface area (Å²) in [6.45, 7) is 3.62. The van der Waals surface area contributed by atoms with E-state index in [-0.39, 0.29) is 10.9 Å². The van der Waals surface area contributed by atoms with E-state index in [2.05, 4.69) is 0 Å². The van der Waals surface area contributed by atoms with Crippen molar-refractivity contribution < 1.29 is 23.1 Å². The van der Waals surface area contributed by atoms with Crippen molar-refractivity contribution in [3.05, 3.63) is 23.8 Å². The fraction of sp³-hybridized carbons (Fsp3) is 0.500. The molecule has 0 saturated heterocycles. The largest absolute Gasteiger partial charge is 0.494 e. The monoisotopic (exact) mass is 313 g/mol. The Morgan fingerprint density at radius 2 is 2.10 bits per heavy atom. The van der Waals surface area contributed by atoms with Crippen molar-refractivity contribution in [3.63, 3.8) is 0 Å². The number of carboxylic acid groups (broad SMARTS) is 1. The normalized spacial score (nSPS) is 15.2. The van der Waals surface area contributed by atoms with Crippen LogP contribution in [0.2, 0.25) is 0 Å². The fourth-order valence-electron chi connectivity index (χ4n) is 2.14. The first-order valence-corrected chi connectivity index (χ1v) is 8.27. The van der Waals surface area contributed by atoms with Gasteiger partial charge < -0.3 is 9.84 Å². The molecule has 116 valence electrons. The number of hydrogen-bond acceptors (Lipinski definition) is 4. The van der Waals surface area contributed by atoms with Crippen LogP contribution in [0.4, 0.5) is 0 Å². The summed E-state index contributed by atoms with van der Waals surface area (Å²) < 4.78 is 31.6. The van der Waals surface area contributed by atoms with Crippen LogP contribution in [0, 0.1) is 6.92 Å². The highest BCUT2D eigenvalue weighted by atomic mass is 32.2. The average Bonchev–Trinajstić information content (AvgIpc) is 3.22. The molecule has 1 saturated carbocycles. The Kier molecular flexibility index (Phi) is 4.53. The number of aryl methyl sites for hydroxylation is 1. The van der Waals surface area contributed by atoms with Gasteiger partial charge in [-0.1, -0.05) is 0 Å². The zero-order valence-electron chi connectivity index (χ0n) is 12.1. The second kappa shape index (κ2) is 6.03. The molecule has 0 aliphatic heterocycles. The summed E-state index contributed by atoms with van der Waals surface area (Å²) in [6.07, 6.45) is 1.42. The van der Waals surface area contributed by atoms with Crippen LogP contribution in [-0.2, 0) is 14.8 Å². The number of sulfonamides is 1. The maximum atomic E-state index is 12.6. The number of carboxylic acids is 1. The first-order valence-electron chi connectivity index (χ1n) is 6.83. The molecule has 0 spiro atoms. The van der Waals surface area contributed by atoms with Gasteiger partial charge in [-0.25, -0.2) is 8.42 Å². The molecule has 1 aliphatic carbocycles. The number of rotatable bonds is 7. The molecular formula is C14H19NO5S. The van der Waals surface area contributed by atoms with Crippen LogP contribution in [0.25, 0.3) is 0 Å². The van der Waals surface area contributed by atoms with Gasteiger partial charge in [-0.2, -0.15) is 4.31 Å². The summed E-state index contributed by atoms with van der Waals surface area (Å²) in [5.41, 5.74) is 0.712. The van der Waals surface area contributed by atoms with E-state index >= 15 is 0 Å². The highest BCUT2D eigenvalue weighted by Crippen LogP contribution is 2.33. The number of carbonyl (C=O) groups is 1. The van der Waals surface area contributed by atoms with Crippen molar-refractivity contribution >= 4 is 16.0 Å². The second-order valence-corrected chi connectivity index (χ2v) is 6.93. The molecule has 1 N–H and O–H groups in total. The van der Waals surface area contributed by atoms with Crippen molar-refractivity contribution in [2.45, 2.75) is 37.6 Å². The summed E-state index contributed by atoms with van der Waals surface area (Å²) in [6, 6.07) is 4.40. The molecular weight excluding hydrogens is 294 g/mol. The molecule has 0 atom stereocenters. The minimum absolute atomic E-state index is 0.108. The van der Waals surface area contributed by atoms with Gasteiger partial charge in [-0.15, -0.1) is 0 Å². The standard InChI is InChI=1S/C14H19NO5S/c1-3-20-13-7-6-12(8-10(13)2)21(18,19)15(9-14(16)17)11-4-5-11/h6-8,11H,3-5,9H2,1-2H3,(H,16,17). The molecule has 0 bridgehead atoms. The Bertz CT molecular complexity index is 637. The minimum atomic E-state index is -3.79. The van der Waals surface area contributed by atoms with E-state index in [1.165, 1.54) is 12.1 Å². The van der Waals surface area contributed by atoms with E-state index in [0.717, 1.165) is 4.31 Å². The summed E-state index contributed by atoms with van der Waals surface area (Å²) in [5, 5.41) is 8.91. The lowest BCUT2D eigenvalue weighted by atomic mass is 10.2. The molecule has 0 amide bonds. The van der Waals surface area contributed by atoms with Gasteiger partial charge in [-0.05, 0) is 50.5 Å². The van der Waals surface area contributed by atoms with Crippen molar-refractivity contribution in [2.75, 3.05) is 13.2 Å². The Morgan fingerprint density at radius 1 is 1.43 bits per heavy atom. The van der Waals surface area contributed by atoms with Crippen LogP contribution in [-0.4, -0.2) is 43.0 Å². The van der Waals surface area contributed by atoms with Crippen LogP contribution in [0.15, 0.2) is 23.1 Å². The average molecular weight is 313 g/mol. The first kappa shape index (κ1) is 15.8. The molecule has 1 fully saturated rings. The molecule has 21 heavy (non-hydrogen) atoms. The molecule has 0 radical (unpaired) electrons. The van der Waals surface area contributed by atoms with Crippen LogP contribution >= 0.6 is 0 Å². The molecule has 1 aromatic rings. The van der Waals surface area contributed by atoms with E-state index in [4.69, 9.17) is 9.84 Å². The molecule has 1 aliphatic rings. The third-order valence-corrected chi connectivity index (χ3v) is 5.19. The molecule has 6 nitrogen and oxygen atoms in total. The predicted octanol–water partition coefficient (Wildman–Crippen LogP) is 1.63. The molecule has 0 unspecified atom stereocenters. The summed E-state index contributed by atoms with van der Waals surface area (Å²) >= 11 is 0. The van der Waals surface area contributed by atoms with Crippen LogP contribution < -0.4 is 4.74 Å². The number of benzene rings is 1. The number of ether oxygens (including phenoxy) is 1. The summed E-state index contributed by atoms with van der Waals surface area (Å²) in [5.74, 6) is -0.513. The third-order valence-electron chi connectivity index (χ3n) is 3.30. The zero-order chi connectivity index (χ0) is 15.6. The third kappa shape index (κ3) is 3.54. The Balaban J connectivity index is 2.33. The van der Waals surface area contributed by atoms with Crippen LogP contribution in [0.5, 0.6) is 5.75 Å². The maximum Gasteiger partial charge on any atom is 0.318 e. The van der Waals surface area contributed by atoms with Gasteiger partial charge in [0.25, 0.3) is 0 Å². The van der Waals surface area contributed by atoms with Gasteiger partial charge >= 0.3 is 5.97 Å². The van der Waals surface area contributed by atoms with Crippen LogP contribution in [0.1, 0.15) is 25.3 Å². The molecule has 2 rings (SSSR count). The van der Waals surface area contributed by atoms with Crippen molar-refractivity contribution in [1.82, 2.24) is 4.31 Å². The second-order valence-electron chi connectivity index (χ2n) is 5.04. The predicted molar refractivity (Wildman–Crippen MR) is 76.9 cm³/mol. The van der Waals surface area contributed by atoms with Gasteiger partial charge in [0.15, 0.2) is 0 Å². The smallest absolute Gasteiger partial charge is 0.318 e. The van der Waals surface area contributed by atoms with Crippen molar-refractivity contribution in [2.24, 2.45) is 0 Å². The number of hydrogen-bond donors (Lipinski definition) is 1. The fourth-order valence-corrected chi connectivity index (χ4v) is 3.86. The molecule has 0 heterocycles. The van der Waals surface area contributed by atoms with Gasteiger partial charge in [-0.3, -0.25) is 4.79 Å². The first-order chi connectivity index (χ1) is 9.86. The number of nitrogens with zero attached hydrogens (tertiary/aromatic N) is 1. The lowest BCUT2D eigenvalue weighted by Crippen LogP contribution is -2.37. The lowest BCUT2D eigenvalue weighted by Gasteiger charge is -2.20. The van der Waals surface area contributed by atoms with Gasteiger partial charge in [0.1, 0.15) is 12.3 Å². The zero-order valence-corrected chi connectivity index (χ0v) is 12.9. The van der Waals surface area contributed by atoms with Crippen molar-refractivity contribution in [3.8, 4) is 5.75 Å². The molecule has 1 aromatic carbocycles. The topological polar surface area (TPSA) is 83.9 Å². The van der Waals surface area contributed by atoms with E-state index in [0.29, 0.717) is 30.8 Å². The SMILES string of the molecule is CCOc1ccc(S(=O)(=O)N(CC(=O)O)C2CC2)cc1C. The Labute approximate surface area is 124 Å². The molecule has 0 aromatic heterocycles. The maximum absolute atomic E-state index is 12.6. The van der Waals surface area contributed by atoms with Crippen LogP contribution in [0.3, 0.4) is 0 Å². The quantitative estimate of drug-likeness (QED) is 0.827. The summed E-state index contributed by atoms with van der Waals surface area (Å²) in [4.78, 5) is 11.0. The van der Waals surface area contributed by atoms with E-state index < -0.39 is 22.5 Å². The molecule has 7 heteroatoms.